The number of nitrogens with two attached hydrogens (primary N) is 1. The molecule has 2 unspecified atom stereocenters. The average molecular weight is 381 g/mol. The molecule has 0 rings (SSSR count). The minimum Gasteiger partial charge on any atom is -0.458 e. The normalized spacial score (nSPS) is 15.8. The van der Waals surface area contributed by atoms with Gasteiger partial charge in [0.1, 0.15) is 17.4 Å². The number of nitrogens with one attached hydrogen (secondary N) is 2. The summed E-state index contributed by atoms with van der Waals surface area (Å²) in [7, 11) is 7.66. The van der Waals surface area contributed by atoms with Crippen molar-refractivity contribution in [1.82, 2.24) is 10.9 Å². The molecule has 0 aliphatic heterocycles. The molecule has 110 valence electrons. The first-order chi connectivity index (χ1) is 8.93. The maximum absolute atomic E-state index is 11.7. The zero-order valence-corrected chi connectivity index (χ0v) is 14.0. The number of ether oxygens (including phenoxy) is 1. The molecule has 0 heterocycles. The Morgan fingerprint density at radius 3 is 2.63 bits per heavy atom. The van der Waals surface area contributed by atoms with Crippen LogP contribution in [0.3, 0.4) is 0 Å². The summed E-state index contributed by atoms with van der Waals surface area (Å²) in [6.07, 6.45) is 6.36. The lowest BCUT2D eigenvalue weighted by Gasteiger charge is -2.25. The van der Waals surface area contributed by atoms with Gasteiger partial charge in [0.2, 0.25) is 0 Å². The molecule has 5 nitrogen and oxygen atoms in total. The monoisotopic (exact) mass is 381 g/mol. The second kappa shape index (κ2) is 10.9. The Bertz CT molecular complexity index is 255. The highest BCUT2D eigenvalue weighted by Crippen LogP contribution is 2.24. The number of hydrogen-bond donors (Lipinski definition) is 3. The van der Waals surface area contributed by atoms with Crippen LogP contribution in [0.1, 0.15) is 45.4 Å². The van der Waals surface area contributed by atoms with Gasteiger partial charge in [0.15, 0.2) is 0 Å². The van der Waals surface area contributed by atoms with Gasteiger partial charge in [-0.25, -0.2) is 0 Å². The zero-order valence-electron chi connectivity index (χ0n) is 11.9. The van der Waals surface area contributed by atoms with Gasteiger partial charge >= 0.3 is 5.97 Å². The minimum absolute atomic E-state index is 0.304. The highest BCUT2D eigenvalue weighted by Gasteiger charge is 2.26. The molecule has 2 atom stereocenters. The number of halogens is 1. The number of hydrogen-bond acceptors (Lipinski definition) is 5. The van der Waals surface area contributed by atoms with Gasteiger partial charge in [-0.15, -0.1) is 0 Å². The van der Waals surface area contributed by atoms with E-state index in [1.54, 1.807) is 7.05 Å². The molecule has 0 amide bonds. The smallest absolute Gasteiger partial charge is 0.324 e. The molecule has 0 aliphatic rings. The van der Waals surface area contributed by atoms with Gasteiger partial charge in [0, 0.05) is 6.54 Å². The van der Waals surface area contributed by atoms with E-state index in [0.717, 1.165) is 12.8 Å². The van der Waals surface area contributed by atoms with Gasteiger partial charge in [-0.1, -0.05) is 32.6 Å². The average Bonchev–Trinajstić information content (AvgIpc) is 2.34. The van der Waals surface area contributed by atoms with Gasteiger partial charge in [-0.05, 0) is 42.5 Å². The number of carbonyl (C=O) groups is 1. The number of unbranched alkanes of at least 4 members (excludes halogenated alkanes) is 4. The van der Waals surface area contributed by atoms with Crippen molar-refractivity contribution >= 4 is 36.4 Å². The summed E-state index contributed by atoms with van der Waals surface area (Å²) in [5, 5.41) is 0. The molecule has 0 aliphatic carbocycles. The first-order valence-corrected chi connectivity index (χ1v) is 7.86. The van der Waals surface area contributed by atoms with E-state index < -0.39 is 15.5 Å². The molecule has 0 fully saturated rings. The Balaban J connectivity index is 3.89. The molecule has 0 aromatic rings. The van der Waals surface area contributed by atoms with Crippen molar-refractivity contribution in [3.8, 4) is 0 Å². The SMILES string of the molecule is [B]C(I)(CCCCCCC)OC(=O)C(N)CNNC. The Labute approximate surface area is 131 Å². The third kappa shape index (κ3) is 10.6. The largest absolute Gasteiger partial charge is 0.458 e. The fourth-order valence-electron chi connectivity index (χ4n) is 1.56. The second-order valence-electron chi connectivity index (χ2n) is 4.61. The fraction of sp³-hybridized carbons (Fsp3) is 0.917. The number of alkyl halides is 1. The molecule has 0 spiro atoms. The van der Waals surface area contributed by atoms with Crippen molar-refractivity contribution in [2.75, 3.05) is 13.6 Å². The summed E-state index contributed by atoms with van der Waals surface area (Å²) in [5.41, 5.74) is 11.1. The van der Waals surface area contributed by atoms with Crippen LogP contribution in [-0.2, 0) is 9.53 Å². The topological polar surface area (TPSA) is 76.4 Å². The van der Waals surface area contributed by atoms with E-state index in [0.29, 0.717) is 13.0 Å². The summed E-state index contributed by atoms with van der Waals surface area (Å²) >= 11 is 1.97. The number of carbonyl (C=O) groups excluding carboxylic acids is 1. The third-order valence-corrected chi connectivity index (χ3v) is 3.45. The van der Waals surface area contributed by atoms with Crippen molar-refractivity contribution in [2.45, 2.75) is 55.0 Å². The van der Waals surface area contributed by atoms with Crippen LogP contribution in [0.5, 0.6) is 0 Å². The number of rotatable bonds is 11. The van der Waals surface area contributed by atoms with E-state index in [2.05, 4.69) is 17.8 Å². The summed E-state index contributed by atoms with van der Waals surface area (Å²) in [4.78, 5) is 11.7. The van der Waals surface area contributed by atoms with E-state index >= 15 is 0 Å². The van der Waals surface area contributed by atoms with Crippen LogP contribution in [0.2, 0.25) is 0 Å². The van der Waals surface area contributed by atoms with E-state index in [1.165, 1.54) is 19.3 Å². The molecule has 7 heteroatoms. The number of hydrazine groups is 1. The number of esters is 1. The predicted octanol–water partition coefficient (Wildman–Crippen LogP) is 1.20. The van der Waals surface area contributed by atoms with E-state index in [4.69, 9.17) is 18.3 Å². The van der Waals surface area contributed by atoms with Crippen LogP contribution in [0.4, 0.5) is 0 Å². The minimum atomic E-state index is -0.960. The Hall–Kier alpha value is 0.145. The summed E-state index contributed by atoms with van der Waals surface area (Å²) in [6.45, 7) is 2.48. The second-order valence-corrected chi connectivity index (χ2v) is 6.43. The first-order valence-electron chi connectivity index (χ1n) is 6.78. The van der Waals surface area contributed by atoms with Gasteiger partial charge in [0.25, 0.3) is 0 Å². The fourth-order valence-corrected chi connectivity index (χ4v) is 2.16. The third-order valence-electron chi connectivity index (χ3n) is 2.69. The molecule has 0 aromatic heterocycles. The molecule has 19 heavy (non-hydrogen) atoms. The maximum Gasteiger partial charge on any atom is 0.324 e. The molecule has 0 saturated heterocycles. The standard InChI is InChI=1S/C12H25BIN3O2/c1-3-4-5-6-7-8-12(13,14)19-11(18)10(15)9-17-16-2/h10,16-17H,3-9,15H2,1-2H3. The van der Waals surface area contributed by atoms with Crippen molar-refractivity contribution < 1.29 is 9.53 Å². The van der Waals surface area contributed by atoms with Gasteiger partial charge in [-0.3, -0.25) is 15.6 Å². The molecule has 0 saturated carbocycles. The zero-order chi connectivity index (χ0) is 14.7. The molecule has 0 aromatic carbocycles. The lowest BCUT2D eigenvalue weighted by Crippen LogP contribution is -2.47. The van der Waals surface area contributed by atoms with E-state index in [9.17, 15) is 4.79 Å². The summed E-state index contributed by atoms with van der Waals surface area (Å²) in [5.74, 6) is -0.479. The molecule has 0 bridgehead atoms. The van der Waals surface area contributed by atoms with Crippen molar-refractivity contribution in [1.29, 1.82) is 0 Å². The Morgan fingerprint density at radius 2 is 2.05 bits per heavy atom. The van der Waals surface area contributed by atoms with Gasteiger partial charge < -0.3 is 10.5 Å². The van der Waals surface area contributed by atoms with Crippen LogP contribution in [0.25, 0.3) is 0 Å². The van der Waals surface area contributed by atoms with Crippen molar-refractivity contribution in [2.24, 2.45) is 5.73 Å². The van der Waals surface area contributed by atoms with Crippen molar-refractivity contribution in [3.63, 3.8) is 0 Å². The van der Waals surface area contributed by atoms with Crippen LogP contribution < -0.4 is 16.6 Å². The predicted molar refractivity (Wildman–Crippen MR) is 87.0 cm³/mol. The van der Waals surface area contributed by atoms with Crippen LogP contribution >= 0.6 is 22.6 Å². The summed E-state index contributed by atoms with van der Waals surface area (Å²) in [6, 6.07) is -0.717. The highest BCUT2D eigenvalue weighted by molar-refractivity contribution is 14.1. The highest BCUT2D eigenvalue weighted by atomic mass is 127. The van der Waals surface area contributed by atoms with E-state index in [1.807, 2.05) is 22.6 Å². The Morgan fingerprint density at radius 1 is 1.42 bits per heavy atom. The molecule has 4 N–H and O–H groups in total. The molecule has 2 radical (unpaired) electrons. The molecular formula is C12H25BIN3O2. The first kappa shape index (κ1) is 19.1. The van der Waals surface area contributed by atoms with Crippen molar-refractivity contribution in [3.05, 3.63) is 0 Å². The quantitative estimate of drug-likeness (QED) is 0.125. The van der Waals surface area contributed by atoms with Crippen LogP contribution in [0.15, 0.2) is 0 Å². The Kier molecular flexibility index (Phi) is 11.0. The summed E-state index contributed by atoms with van der Waals surface area (Å²) < 4.78 is 4.28. The lowest BCUT2D eigenvalue weighted by atomic mass is 9.93. The lowest BCUT2D eigenvalue weighted by molar-refractivity contribution is -0.148. The van der Waals surface area contributed by atoms with Crippen LogP contribution in [0, 0.1) is 0 Å². The van der Waals surface area contributed by atoms with E-state index in [-0.39, 0.29) is 0 Å². The van der Waals surface area contributed by atoms with Gasteiger partial charge in [-0.2, -0.15) is 0 Å². The maximum atomic E-state index is 11.7. The van der Waals surface area contributed by atoms with Crippen LogP contribution in [-0.4, -0.2) is 37.0 Å². The van der Waals surface area contributed by atoms with Gasteiger partial charge in [0.05, 0.1) is 0 Å². The molecular weight excluding hydrogens is 356 g/mol.